The predicted octanol–water partition coefficient (Wildman–Crippen LogP) is 2.79. The predicted molar refractivity (Wildman–Crippen MR) is 85.8 cm³/mol. The van der Waals surface area contributed by atoms with Crippen LogP contribution in [0.25, 0.3) is 0 Å². The smallest absolute Gasteiger partial charge is 0.295 e. The van der Waals surface area contributed by atoms with Crippen LogP contribution in [0.2, 0.25) is 0 Å². The second-order valence-corrected chi connectivity index (χ2v) is 5.19. The van der Waals surface area contributed by atoms with Gasteiger partial charge in [0.1, 0.15) is 0 Å². The van der Waals surface area contributed by atoms with Gasteiger partial charge in [-0.15, -0.1) is 0 Å². The molecule has 4 heteroatoms. The van der Waals surface area contributed by atoms with Gasteiger partial charge in [0.15, 0.2) is 18.2 Å². The summed E-state index contributed by atoms with van der Waals surface area (Å²) in [5, 5.41) is 0. The number of rotatable bonds is 5. The highest BCUT2D eigenvalue weighted by molar-refractivity contribution is 5.95. The van der Waals surface area contributed by atoms with Crippen molar-refractivity contribution in [1.29, 1.82) is 0 Å². The van der Waals surface area contributed by atoms with Crippen molar-refractivity contribution in [3.8, 4) is 0 Å². The highest BCUT2D eigenvalue weighted by Crippen LogP contribution is 2.16. The number of para-hydroxylation sites is 1. The molecule has 2 aromatic rings. The van der Waals surface area contributed by atoms with Gasteiger partial charge in [-0.3, -0.25) is 9.59 Å². The lowest BCUT2D eigenvalue weighted by Gasteiger charge is -2.22. The molecule has 1 aromatic carbocycles. The van der Waals surface area contributed by atoms with Crippen LogP contribution < -0.4 is 9.47 Å². The number of nitrogens with zero attached hydrogens (tertiary/aromatic N) is 2. The van der Waals surface area contributed by atoms with Gasteiger partial charge in [-0.05, 0) is 32.0 Å². The zero-order valence-electron chi connectivity index (χ0n) is 13.2. The Hall–Kier alpha value is -2.49. The molecule has 1 amide bonds. The highest BCUT2D eigenvalue weighted by Gasteiger charge is 2.28. The van der Waals surface area contributed by atoms with Crippen molar-refractivity contribution in [3.05, 3.63) is 60.4 Å². The molecule has 0 aliphatic rings. The minimum Gasteiger partial charge on any atom is -0.307 e. The maximum Gasteiger partial charge on any atom is 0.295 e. The van der Waals surface area contributed by atoms with Gasteiger partial charge in [0.05, 0.1) is 5.56 Å². The molecule has 0 aliphatic carbocycles. The fourth-order valence-electron chi connectivity index (χ4n) is 2.37. The molecule has 0 bridgehead atoms. The Balaban J connectivity index is 2.28. The third-order valence-corrected chi connectivity index (χ3v) is 3.68. The lowest BCUT2D eigenvalue weighted by atomic mass is 10.2. The number of carbonyl (C=O) groups excluding carboxylic acids is 2. The molecule has 1 atom stereocenters. The highest BCUT2D eigenvalue weighted by atomic mass is 16.2. The van der Waals surface area contributed by atoms with E-state index in [1.807, 2.05) is 50.4 Å². The molecule has 1 heterocycles. The van der Waals surface area contributed by atoms with Crippen LogP contribution in [0.3, 0.4) is 0 Å². The average molecular weight is 297 g/mol. The number of hydrogen-bond acceptors (Lipinski definition) is 2. The number of anilines is 1. The van der Waals surface area contributed by atoms with E-state index in [4.69, 9.17) is 0 Å². The van der Waals surface area contributed by atoms with E-state index in [0.29, 0.717) is 12.1 Å². The van der Waals surface area contributed by atoms with Gasteiger partial charge in [0.2, 0.25) is 6.04 Å². The van der Waals surface area contributed by atoms with Crippen molar-refractivity contribution in [3.63, 3.8) is 0 Å². The van der Waals surface area contributed by atoms with Crippen LogP contribution in [0.1, 0.15) is 37.2 Å². The molecular formula is C18H21N2O2+. The molecule has 1 aromatic heterocycles. The number of amides is 1. The van der Waals surface area contributed by atoms with E-state index in [1.54, 1.807) is 27.8 Å². The van der Waals surface area contributed by atoms with E-state index in [9.17, 15) is 9.59 Å². The molecule has 0 saturated heterocycles. The Kier molecular flexibility index (Phi) is 5.04. The number of hydrogen-bond donors (Lipinski definition) is 0. The number of ketones is 1. The van der Waals surface area contributed by atoms with E-state index < -0.39 is 0 Å². The van der Waals surface area contributed by atoms with E-state index in [1.165, 1.54) is 6.92 Å². The summed E-state index contributed by atoms with van der Waals surface area (Å²) in [5.74, 6) is -0.0104. The molecule has 2 rings (SSSR count). The van der Waals surface area contributed by atoms with E-state index in [0.717, 1.165) is 5.69 Å². The SMILES string of the molecule is CCN(C(=O)[C@H](C)[n+]1cccc(C(C)=O)c1)c1ccccc1. The summed E-state index contributed by atoms with van der Waals surface area (Å²) in [6.07, 6.45) is 3.54. The van der Waals surface area contributed by atoms with Crippen molar-refractivity contribution in [1.82, 2.24) is 0 Å². The van der Waals surface area contributed by atoms with Gasteiger partial charge in [-0.2, -0.15) is 4.57 Å². The fourth-order valence-corrected chi connectivity index (χ4v) is 2.37. The Morgan fingerprint density at radius 1 is 1.14 bits per heavy atom. The molecule has 0 aliphatic heterocycles. The maximum absolute atomic E-state index is 12.8. The number of benzene rings is 1. The van der Waals surface area contributed by atoms with Crippen molar-refractivity contribution in [2.75, 3.05) is 11.4 Å². The van der Waals surface area contributed by atoms with Gasteiger partial charge in [0.25, 0.3) is 5.91 Å². The molecular weight excluding hydrogens is 276 g/mol. The van der Waals surface area contributed by atoms with Crippen LogP contribution in [0, 0.1) is 0 Å². The van der Waals surface area contributed by atoms with Gasteiger partial charge in [-0.1, -0.05) is 18.2 Å². The Labute approximate surface area is 131 Å². The summed E-state index contributed by atoms with van der Waals surface area (Å²) >= 11 is 0. The Morgan fingerprint density at radius 2 is 1.82 bits per heavy atom. The van der Waals surface area contributed by atoms with Gasteiger partial charge < -0.3 is 4.90 Å². The summed E-state index contributed by atoms with van der Waals surface area (Å²) in [7, 11) is 0. The third kappa shape index (κ3) is 3.39. The minimum atomic E-state index is -0.376. The number of carbonyl (C=O) groups is 2. The van der Waals surface area contributed by atoms with Crippen molar-refractivity contribution in [2.24, 2.45) is 0 Å². The van der Waals surface area contributed by atoms with Crippen LogP contribution in [-0.2, 0) is 4.79 Å². The molecule has 0 fully saturated rings. The molecule has 4 nitrogen and oxygen atoms in total. The van der Waals surface area contributed by atoms with Crippen molar-refractivity contribution < 1.29 is 14.2 Å². The van der Waals surface area contributed by atoms with Gasteiger partial charge in [0, 0.05) is 25.2 Å². The van der Waals surface area contributed by atoms with Gasteiger partial charge in [-0.25, -0.2) is 0 Å². The summed E-state index contributed by atoms with van der Waals surface area (Å²) in [6, 6.07) is 12.8. The van der Waals surface area contributed by atoms with Gasteiger partial charge >= 0.3 is 0 Å². The summed E-state index contributed by atoms with van der Waals surface area (Å²) in [6.45, 7) is 5.92. The number of Topliss-reactive ketones (excluding diaryl/α,β-unsaturated/α-hetero) is 1. The normalized spacial score (nSPS) is 11.8. The first-order valence-corrected chi connectivity index (χ1v) is 7.42. The average Bonchev–Trinajstić information content (AvgIpc) is 2.55. The molecule has 22 heavy (non-hydrogen) atoms. The lowest BCUT2D eigenvalue weighted by Crippen LogP contribution is -2.48. The Morgan fingerprint density at radius 3 is 2.41 bits per heavy atom. The van der Waals surface area contributed by atoms with Crippen molar-refractivity contribution >= 4 is 17.4 Å². The first-order chi connectivity index (χ1) is 10.5. The number of aromatic nitrogens is 1. The summed E-state index contributed by atoms with van der Waals surface area (Å²) in [4.78, 5) is 26.0. The monoisotopic (exact) mass is 297 g/mol. The lowest BCUT2D eigenvalue weighted by molar-refractivity contribution is -0.705. The van der Waals surface area contributed by atoms with Crippen LogP contribution in [0.15, 0.2) is 54.9 Å². The van der Waals surface area contributed by atoms with E-state index >= 15 is 0 Å². The number of likely N-dealkylation sites (N-methyl/N-ethyl adjacent to an activating group) is 1. The van der Waals surface area contributed by atoms with E-state index in [-0.39, 0.29) is 17.7 Å². The molecule has 0 radical (unpaired) electrons. The first-order valence-electron chi connectivity index (χ1n) is 7.42. The molecule has 0 saturated carbocycles. The largest absolute Gasteiger partial charge is 0.307 e. The number of pyridine rings is 1. The van der Waals surface area contributed by atoms with Crippen LogP contribution in [0.4, 0.5) is 5.69 Å². The van der Waals surface area contributed by atoms with Crippen LogP contribution >= 0.6 is 0 Å². The second kappa shape index (κ2) is 6.98. The zero-order chi connectivity index (χ0) is 16.1. The fraction of sp³-hybridized carbons (Fsp3) is 0.278. The standard InChI is InChI=1S/C18H21N2O2/c1-4-20(17-10-6-5-7-11-17)18(22)14(2)19-12-8-9-16(13-19)15(3)21/h5-14H,4H2,1-3H3/q+1/t14-/m0/s1. The van der Waals surface area contributed by atoms with Crippen LogP contribution in [0.5, 0.6) is 0 Å². The topological polar surface area (TPSA) is 41.3 Å². The summed E-state index contributed by atoms with van der Waals surface area (Å²) in [5.41, 5.74) is 1.48. The molecule has 114 valence electrons. The van der Waals surface area contributed by atoms with Crippen LogP contribution in [-0.4, -0.2) is 18.2 Å². The molecule has 0 spiro atoms. The summed E-state index contributed by atoms with van der Waals surface area (Å²) < 4.78 is 1.78. The molecule has 0 unspecified atom stereocenters. The maximum atomic E-state index is 12.8. The minimum absolute atomic E-state index is 0.000554. The first kappa shape index (κ1) is 15.9. The van der Waals surface area contributed by atoms with Crippen molar-refractivity contribution in [2.45, 2.75) is 26.8 Å². The molecule has 0 N–H and O–H groups in total. The Bertz CT molecular complexity index is 668. The quantitative estimate of drug-likeness (QED) is 0.629. The third-order valence-electron chi connectivity index (χ3n) is 3.68. The second-order valence-electron chi connectivity index (χ2n) is 5.19. The van der Waals surface area contributed by atoms with E-state index in [2.05, 4.69) is 0 Å². The zero-order valence-corrected chi connectivity index (χ0v) is 13.2.